The molecule has 2 heteroatoms. The zero-order chi connectivity index (χ0) is 7.52. The molecule has 2 rings (SSSR count). The van der Waals surface area contributed by atoms with Crippen molar-refractivity contribution in [1.82, 2.24) is 10.3 Å². The van der Waals surface area contributed by atoms with E-state index in [1.165, 1.54) is 31.5 Å². The first-order valence-electron chi connectivity index (χ1n) is 4.33. The van der Waals surface area contributed by atoms with Crippen molar-refractivity contribution in [2.24, 2.45) is 0 Å². The number of H-pyrrole nitrogens is 1. The summed E-state index contributed by atoms with van der Waals surface area (Å²) in [7, 11) is 0. The molecule has 1 aromatic heterocycles. The van der Waals surface area contributed by atoms with Crippen LogP contribution >= 0.6 is 0 Å². The van der Waals surface area contributed by atoms with Gasteiger partial charge in [-0.2, -0.15) is 0 Å². The molecule has 1 aliphatic rings. The maximum Gasteiger partial charge on any atom is 0.0472 e. The Kier molecular flexibility index (Phi) is 1.95. The third-order valence-electron chi connectivity index (χ3n) is 2.31. The van der Waals surface area contributed by atoms with E-state index < -0.39 is 0 Å². The normalized spacial score (nSPS) is 25.3. The zero-order valence-electron chi connectivity index (χ0n) is 6.64. The first-order valence-corrected chi connectivity index (χ1v) is 4.33. The Morgan fingerprint density at radius 1 is 1.36 bits per heavy atom. The molecule has 11 heavy (non-hydrogen) atoms. The van der Waals surface area contributed by atoms with E-state index in [1.807, 2.05) is 6.20 Å². The van der Waals surface area contributed by atoms with Crippen LogP contribution in [0.25, 0.3) is 0 Å². The number of aromatic amines is 1. The summed E-state index contributed by atoms with van der Waals surface area (Å²) in [5, 5.41) is 3.49. The quantitative estimate of drug-likeness (QED) is 0.628. The van der Waals surface area contributed by atoms with E-state index in [2.05, 4.69) is 22.4 Å². The van der Waals surface area contributed by atoms with E-state index in [0.29, 0.717) is 6.04 Å². The van der Waals surface area contributed by atoms with Crippen LogP contribution in [0.2, 0.25) is 0 Å². The Hall–Kier alpha value is -0.760. The van der Waals surface area contributed by atoms with Crippen LogP contribution in [0.4, 0.5) is 0 Å². The van der Waals surface area contributed by atoms with E-state index in [-0.39, 0.29) is 0 Å². The van der Waals surface area contributed by atoms with E-state index in [0.717, 1.165) is 0 Å². The predicted molar refractivity (Wildman–Crippen MR) is 45.4 cm³/mol. The predicted octanol–water partition coefficient (Wildman–Crippen LogP) is 1.83. The Balaban J connectivity index is 2.04. The van der Waals surface area contributed by atoms with Crippen LogP contribution in [0.15, 0.2) is 18.3 Å². The minimum atomic E-state index is 0.582. The lowest BCUT2D eigenvalue weighted by atomic mass is 10.0. The molecule has 60 valence electrons. The lowest BCUT2D eigenvalue weighted by molar-refractivity contribution is 0.406. The van der Waals surface area contributed by atoms with Gasteiger partial charge in [0.2, 0.25) is 0 Å². The summed E-state index contributed by atoms with van der Waals surface area (Å²) in [5.74, 6) is 0. The molecule has 1 atom stereocenters. The zero-order valence-corrected chi connectivity index (χ0v) is 6.64. The molecular formula is C9H14N2. The fourth-order valence-electron chi connectivity index (χ4n) is 1.68. The van der Waals surface area contributed by atoms with Crippen molar-refractivity contribution in [2.45, 2.75) is 25.3 Å². The summed E-state index contributed by atoms with van der Waals surface area (Å²) in [4.78, 5) is 3.24. The van der Waals surface area contributed by atoms with Crippen LogP contribution in [0.5, 0.6) is 0 Å². The molecule has 0 aromatic carbocycles. The summed E-state index contributed by atoms with van der Waals surface area (Å²) in [6.45, 7) is 1.17. The molecule has 2 N–H and O–H groups in total. The minimum Gasteiger partial charge on any atom is -0.364 e. The molecule has 0 aliphatic carbocycles. The van der Waals surface area contributed by atoms with Crippen LogP contribution in [0.3, 0.4) is 0 Å². The lowest BCUT2D eigenvalue weighted by Crippen LogP contribution is -2.26. The maximum atomic E-state index is 3.49. The molecular weight excluding hydrogens is 136 g/mol. The van der Waals surface area contributed by atoms with Crippen molar-refractivity contribution in [3.05, 3.63) is 24.0 Å². The molecule has 0 amide bonds. The molecule has 2 heterocycles. The number of nitrogens with one attached hydrogen (secondary N) is 2. The Labute approximate surface area is 67.0 Å². The van der Waals surface area contributed by atoms with E-state index in [4.69, 9.17) is 0 Å². The molecule has 0 saturated carbocycles. The van der Waals surface area contributed by atoms with Crippen LogP contribution in [-0.4, -0.2) is 11.5 Å². The van der Waals surface area contributed by atoms with Gasteiger partial charge < -0.3 is 10.3 Å². The largest absolute Gasteiger partial charge is 0.364 e. The SMILES string of the molecule is c1c[nH]c([C@H]2CCCCN2)c1. The van der Waals surface area contributed by atoms with Gasteiger partial charge in [0.15, 0.2) is 0 Å². The van der Waals surface area contributed by atoms with Crippen molar-refractivity contribution in [3.63, 3.8) is 0 Å². The second kappa shape index (κ2) is 3.09. The molecule has 2 nitrogen and oxygen atoms in total. The van der Waals surface area contributed by atoms with Gasteiger partial charge in [-0.25, -0.2) is 0 Å². The summed E-state index contributed by atoms with van der Waals surface area (Å²) >= 11 is 0. The summed E-state index contributed by atoms with van der Waals surface area (Å²) in [6.07, 6.45) is 5.96. The molecule has 0 unspecified atom stereocenters. The van der Waals surface area contributed by atoms with Crippen LogP contribution in [0.1, 0.15) is 31.0 Å². The second-order valence-corrected chi connectivity index (χ2v) is 3.13. The minimum absolute atomic E-state index is 0.582. The van der Waals surface area contributed by atoms with E-state index >= 15 is 0 Å². The highest BCUT2D eigenvalue weighted by Crippen LogP contribution is 2.20. The molecule has 0 radical (unpaired) electrons. The molecule has 1 fully saturated rings. The Bertz CT molecular complexity index is 197. The number of piperidine rings is 1. The first-order chi connectivity index (χ1) is 5.47. The van der Waals surface area contributed by atoms with Crippen molar-refractivity contribution >= 4 is 0 Å². The third kappa shape index (κ3) is 1.46. The maximum absolute atomic E-state index is 3.49. The highest BCUT2D eigenvalue weighted by molar-refractivity contribution is 5.09. The van der Waals surface area contributed by atoms with Gasteiger partial charge in [-0.3, -0.25) is 0 Å². The highest BCUT2D eigenvalue weighted by atomic mass is 14.9. The van der Waals surface area contributed by atoms with Gasteiger partial charge in [0, 0.05) is 17.9 Å². The van der Waals surface area contributed by atoms with Gasteiger partial charge in [-0.15, -0.1) is 0 Å². The van der Waals surface area contributed by atoms with Crippen LogP contribution in [0, 0.1) is 0 Å². The van der Waals surface area contributed by atoms with Crippen molar-refractivity contribution in [2.75, 3.05) is 6.54 Å². The van der Waals surface area contributed by atoms with Gasteiger partial charge in [0.1, 0.15) is 0 Å². The second-order valence-electron chi connectivity index (χ2n) is 3.13. The highest BCUT2D eigenvalue weighted by Gasteiger charge is 2.14. The third-order valence-corrected chi connectivity index (χ3v) is 2.31. The first kappa shape index (κ1) is 6.92. The Morgan fingerprint density at radius 3 is 3.00 bits per heavy atom. The molecule has 0 bridgehead atoms. The summed E-state index contributed by atoms with van der Waals surface area (Å²) in [6, 6.07) is 4.80. The standard InChI is InChI=1S/C9H14N2/c1-2-6-10-8(4-1)9-5-3-7-11-9/h3,5,7-8,10-11H,1-2,4,6H2/t8-/m1/s1. The van der Waals surface area contributed by atoms with Gasteiger partial charge in [-0.1, -0.05) is 6.42 Å². The molecule has 1 aromatic rings. The number of hydrogen-bond acceptors (Lipinski definition) is 1. The smallest absolute Gasteiger partial charge is 0.0472 e. The monoisotopic (exact) mass is 150 g/mol. The molecule has 0 spiro atoms. The summed E-state index contributed by atoms with van der Waals surface area (Å²) in [5.41, 5.74) is 1.34. The lowest BCUT2D eigenvalue weighted by Gasteiger charge is -2.22. The van der Waals surface area contributed by atoms with Gasteiger partial charge in [-0.05, 0) is 31.5 Å². The Morgan fingerprint density at radius 2 is 2.36 bits per heavy atom. The molecule has 1 aliphatic heterocycles. The van der Waals surface area contributed by atoms with Gasteiger partial charge in [0.05, 0.1) is 0 Å². The van der Waals surface area contributed by atoms with E-state index in [1.54, 1.807) is 0 Å². The fourth-order valence-corrected chi connectivity index (χ4v) is 1.68. The number of hydrogen-bond donors (Lipinski definition) is 2. The van der Waals surface area contributed by atoms with Crippen LogP contribution < -0.4 is 5.32 Å². The molecule has 1 saturated heterocycles. The van der Waals surface area contributed by atoms with Crippen molar-refractivity contribution < 1.29 is 0 Å². The average Bonchev–Trinajstić information content (AvgIpc) is 2.58. The van der Waals surface area contributed by atoms with Crippen molar-refractivity contribution in [3.8, 4) is 0 Å². The van der Waals surface area contributed by atoms with Gasteiger partial charge in [0.25, 0.3) is 0 Å². The van der Waals surface area contributed by atoms with E-state index in [9.17, 15) is 0 Å². The fraction of sp³-hybridized carbons (Fsp3) is 0.556. The average molecular weight is 150 g/mol. The van der Waals surface area contributed by atoms with Crippen molar-refractivity contribution in [1.29, 1.82) is 0 Å². The summed E-state index contributed by atoms with van der Waals surface area (Å²) < 4.78 is 0. The topological polar surface area (TPSA) is 27.8 Å². The number of aromatic nitrogens is 1. The van der Waals surface area contributed by atoms with Gasteiger partial charge >= 0.3 is 0 Å². The van der Waals surface area contributed by atoms with Crippen LogP contribution in [-0.2, 0) is 0 Å². The number of rotatable bonds is 1.